The minimum atomic E-state index is -5.01. The van der Waals surface area contributed by atoms with Crippen molar-refractivity contribution in [2.45, 2.75) is 38.2 Å². The molecule has 0 fully saturated rings. The van der Waals surface area contributed by atoms with Crippen molar-refractivity contribution in [1.29, 1.82) is 0 Å². The molecule has 3 heterocycles. The monoisotopic (exact) mass is 563 g/mol. The summed E-state index contributed by atoms with van der Waals surface area (Å²) in [6.45, 7) is -1.18. The van der Waals surface area contributed by atoms with Crippen molar-refractivity contribution in [2.75, 3.05) is 0 Å². The molecule has 0 aliphatic rings. The molecule has 196 valence electrons. The summed E-state index contributed by atoms with van der Waals surface area (Å²) in [6.07, 6.45) is -6.58. The SMILES string of the molecule is CC(F)(F)c1nc(Cn2nc(-c3ccc(Cl)cc3)n(C[C@H](O)C(F)(F)F)c2=O)nn1-c1ncccc1Cl. The van der Waals surface area contributed by atoms with Crippen LogP contribution in [0.15, 0.2) is 47.4 Å². The zero-order valence-electron chi connectivity index (χ0n) is 18.7. The van der Waals surface area contributed by atoms with E-state index in [0.29, 0.717) is 25.9 Å². The topological polar surface area (TPSA) is 104 Å². The van der Waals surface area contributed by atoms with Crippen molar-refractivity contribution in [1.82, 2.24) is 34.1 Å². The average Bonchev–Trinajstić information content (AvgIpc) is 3.36. The summed E-state index contributed by atoms with van der Waals surface area (Å²) in [5, 5.41) is 18.0. The van der Waals surface area contributed by atoms with Crippen LogP contribution in [0.2, 0.25) is 10.0 Å². The molecule has 0 saturated carbocycles. The summed E-state index contributed by atoms with van der Waals surface area (Å²) in [7, 11) is 0. The van der Waals surface area contributed by atoms with Gasteiger partial charge in [0.05, 0.1) is 11.6 Å². The fraction of sp³-hybridized carbons (Fsp3) is 0.286. The van der Waals surface area contributed by atoms with Crippen LogP contribution in [-0.4, -0.2) is 51.5 Å². The van der Waals surface area contributed by atoms with E-state index in [-0.39, 0.29) is 28.1 Å². The molecule has 1 atom stereocenters. The van der Waals surface area contributed by atoms with Crippen LogP contribution in [-0.2, 0) is 19.0 Å². The Morgan fingerprint density at radius 2 is 1.73 bits per heavy atom. The zero-order chi connectivity index (χ0) is 27.1. The highest BCUT2D eigenvalue weighted by atomic mass is 35.5. The molecule has 0 aliphatic heterocycles. The van der Waals surface area contributed by atoms with Crippen LogP contribution < -0.4 is 5.69 Å². The third-order valence-corrected chi connectivity index (χ3v) is 5.58. The van der Waals surface area contributed by atoms with Crippen molar-refractivity contribution in [3.63, 3.8) is 0 Å². The fourth-order valence-electron chi connectivity index (χ4n) is 3.32. The summed E-state index contributed by atoms with van der Waals surface area (Å²) in [6, 6.07) is 8.57. The number of benzene rings is 1. The second-order valence-electron chi connectivity index (χ2n) is 7.90. The smallest absolute Gasteiger partial charge is 0.382 e. The number of aliphatic hydroxyl groups is 1. The van der Waals surface area contributed by atoms with Crippen LogP contribution in [0.1, 0.15) is 18.6 Å². The van der Waals surface area contributed by atoms with Gasteiger partial charge < -0.3 is 5.11 Å². The van der Waals surface area contributed by atoms with E-state index in [0.717, 1.165) is 0 Å². The van der Waals surface area contributed by atoms with E-state index in [1.165, 1.54) is 42.6 Å². The van der Waals surface area contributed by atoms with E-state index in [1.54, 1.807) is 0 Å². The lowest BCUT2D eigenvalue weighted by molar-refractivity contribution is -0.207. The Morgan fingerprint density at radius 3 is 2.32 bits per heavy atom. The minimum Gasteiger partial charge on any atom is -0.382 e. The van der Waals surface area contributed by atoms with Crippen molar-refractivity contribution in [3.05, 3.63) is 74.8 Å². The van der Waals surface area contributed by atoms with Crippen molar-refractivity contribution in [2.24, 2.45) is 0 Å². The molecule has 4 aromatic rings. The molecule has 0 radical (unpaired) electrons. The van der Waals surface area contributed by atoms with Crippen LogP contribution in [0.4, 0.5) is 22.0 Å². The maximum Gasteiger partial charge on any atom is 0.416 e. The van der Waals surface area contributed by atoms with E-state index in [2.05, 4.69) is 20.2 Å². The van der Waals surface area contributed by atoms with E-state index in [1.807, 2.05) is 0 Å². The number of hydrogen-bond donors (Lipinski definition) is 1. The number of aliphatic hydroxyl groups excluding tert-OH is 1. The number of rotatable bonds is 7. The van der Waals surface area contributed by atoms with Gasteiger partial charge in [0.25, 0.3) is 0 Å². The highest BCUT2D eigenvalue weighted by Crippen LogP contribution is 2.29. The van der Waals surface area contributed by atoms with Gasteiger partial charge in [0.15, 0.2) is 23.6 Å². The van der Waals surface area contributed by atoms with Crippen LogP contribution in [0.5, 0.6) is 0 Å². The summed E-state index contributed by atoms with van der Waals surface area (Å²) >= 11 is 11.9. The van der Waals surface area contributed by atoms with Gasteiger partial charge in [-0.05, 0) is 36.4 Å². The molecule has 1 N–H and O–H groups in total. The number of alkyl halides is 5. The summed E-state index contributed by atoms with van der Waals surface area (Å²) in [5.41, 5.74) is -0.848. The van der Waals surface area contributed by atoms with Gasteiger partial charge in [-0.25, -0.2) is 19.4 Å². The molecule has 0 saturated heterocycles. The molecule has 9 nitrogen and oxygen atoms in total. The quantitative estimate of drug-likeness (QED) is 0.340. The van der Waals surface area contributed by atoms with Gasteiger partial charge in [0, 0.05) is 23.7 Å². The maximum absolute atomic E-state index is 14.3. The Morgan fingerprint density at radius 1 is 1.05 bits per heavy atom. The van der Waals surface area contributed by atoms with Crippen molar-refractivity contribution >= 4 is 23.2 Å². The van der Waals surface area contributed by atoms with Gasteiger partial charge in [-0.1, -0.05) is 23.2 Å². The van der Waals surface area contributed by atoms with Gasteiger partial charge in [-0.3, -0.25) is 4.57 Å². The van der Waals surface area contributed by atoms with E-state index in [4.69, 9.17) is 23.2 Å². The third kappa shape index (κ3) is 5.65. The number of halogens is 7. The van der Waals surface area contributed by atoms with Crippen molar-refractivity contribution in [3.8, 4) is 17.2 Å². The predicted octanol–water partition coefficient (Wildman–Crippen LogP) is 4.08. The van der Waals surface area contributed by atoms with Crippen LogP contribution in [0.3, 0.4) is 0 Å². The first-order chi connectivity index (χ1) is 17.3. The lowest BCUT2D eigenvalue weighted by atomic mass is 10.2. The number of pyridine rings is 1. The molecule has 0 amide bonds. The molecule has 37 heavy (non-hydrogen) atoms. The molecule has 0 bridgehead atoms. The van der Waals surface area contributed by atoms with Gasteiger partial charge in [0.1, 0.15) is 6.54 Å². The minimum absolute atomic E-state index is 0.00272. The second-order valence-corrected chi connectivity index (χ2v) is 8.74. The Balaban J connectivity index is 1.80. The largest absolute Gasteiger partial charge is 0.416 e. The Labute approximate surface area is 214 Å². The number of nitrogens with zero attached hydrogens (tertiary/aromatic N) is 7. The van der Waals surface area contributed by atoms with Gasteiger partial charge in [0.2, 0.25) is 5.82 Å². The lowest BCUT2D eigenvalue weighted by Crippen LogP contribution is -2.37. The van der Waals surface area contributed by atoms with Crippen LogP contribution >= 0.6 is 23.2 Å². The molecule has 0 unspecified atom stereocenters. The second kappa shape index (κ2) is 9.84. The first kappa shape index (κ1) is 26.7. The van der Waals surface area contributed by atoms with Crippen molar-refractivity contribution < 1.29 is 27.1 Å². The highest BCUT2D eigenvalue weighted by Gasteiger charge is 2.39. The zero-order valence-corrected chi connectivity index (χ0v) is 20.2. The normalized spacial score (nSPS) is 13.2. The van der Waals surface area contributed by atoms with Crippen LogP contribution in [0.25, 0.3) is 17.2 Å². The molecule has 0 spiro atoms. The molecule has 4 rings (SSSR count). The molecular formula is C21H16Cl2F5N7O2. The molecule has 1 aromatic carbocycles. The summed E-state index contributed by atoms with van der Waals surface area (Å²) < 4.78 is 69.8. The average molecular weight is 564 g/mol. The van der Waals surface area contributed by atoms with E-state index >= 15 is 0 Å². The van der Waals surface area contributed by atoms with Crippen LogP contribution in [0, 0.1) is 0 Å². The Kier molecular flexibility index (Phi) is 7.10. The lowest BCUT2D eigenvalue weighted by Gasteiger charge is -2.15. The van der Waals surface area contributed by atoms with E-state index < -0.39 is 42.8 Å². The number of hydrogen-bond acceptors (Lipinski definition) is 6. The van der Waals surface area contributed by atoms with Gasteiger partial charge >= 0.3 is 17.8 Å². The highest BCUT2D eigenvalue weighted by molar-refractivity contribution is 6.32. The predicted molar refractivity (Wildman–Crippen MR) is 122 cm³/mol. The molecule has 0 aliphatic carbocycles. The van der Waals surface area contributed by atoms with Gasteiger partial charge in [-0.15, -0.1) is 10.2 Å². The maximum atomic E-state index is 14.3. The molecule has 16 heteroatoms. The fourth-order valence-corrected chi connectivity index (χ4v) is 3.65. The Bertz CT molecular complexity index is 1480. The van der Waals surface area contributed by atoms with E-state index in [9.17, 15) is 31.9 Å². The molecule has 3 aromatic heterocycles. The first-order valence-electron chi connectivity index (χ1n) is 10.4. The number of aromatic nitrogens is 7. The first-order valence-corrected chi connectivity index (χ1v) is 11.1. The standard InChI is InChI=1S/C21H16Cl2F5N7O2/c1-20(24,25)18-30-15(31-35(18)17-13(23)3-2-8-29-17)10-34-19(37)33(9-14(36)21(26,27)28)16(32-34)11-4-6-12(22)7-5-11/h2-8,14,36H,9-10H2,1H3/t14-/m0/s1. The van der Waals surface area contributed by atoms with Gasteiger partial charge in [-0.2, -0.15) is 26.6 Å². The Hall–Kier alpha value is -3.36. The summed E-state index contributed by atoms with van der Waals surface area (Å²) in [5.74, 6) is -5.02. The molecular weight excluding hydrogens is 548 g/mol. The third-order valence-electron chi connectivity index (χ3n) is 5.03. The summed E-state index contributed by atoms with van der Waals surface area (Å²) in [4.78, 5) is 20.8.